The molecule has 0 aromatic heterocycles. The summed E-state index contributed by atoms with van der Waals surface area (Å²) in [5.41, 5.74) is 2.70. The molecule has 0 aliphatic carbocycles. The maximum atomic E-state index is 12.8. The summed E-state index contributed by atoms with van der Waals surface area (Å²) in [5, 5.41) is 3.48. The van der Waals surface area contributed by atoms with Crippen LogP contribution in [0.15, 0.2) is 81.7 Å². The van der Waals surface area contributed by atoms with Crippen molar-refractivity contribution in [3.63, 3.8) is 0 Å². The molecule has 0 fully saturated rings. The van der Waals surface area contributed by atoms with Crippen molar-refractivity contribution in [1.29, 1.82) is 0 Å². The number of ketones is 1. The van der Waals surface area contributed by atoms with Gasteiger partial charge in [-0.15, -0.1) is 0 Å². The van der Waals surface area contributed by atoms with Crippen molar-refractivity contribution in [3.05, 3.63) is 92.9 Å². The zero-order valence-corrected chi connectivity index (χ0v) is 18.0. The molecule has 3 aromatic rings. The maximum Gasteiger partial charge on any atom is 0.165 e. The summed E-state index contributed by atoms with van der Waals surface area (Å²) < 4.78 is 7.22. The predicted molar refractivity (Wildman–Crippen MR) is 117 cm³/mol. The van der Waals surface area contributed by atoms with E-state index in [2.05, 4.69) is 37.2 Å². The number of hydrogen-bond donors (Lipinski definition) is 1. The molecule has 1 atom stereocenters. The predicted octanol–water partition coefficient (Wildman–Crippen LogP) is 6.65. The van der Waals surface area contributed by atoms with E-state index in [4.69, 9.17) is 4.74 Å². The van der Waals surface area contributed by atoms with Gasteiger partial charge in [0.1, 0.15) is 5.75 Å². The number of hydrogen-bond acceptors (Lipinski definition) is 3. The molecule has 0 amide bonds. The van der Waals surface area contributed by atoms with Gasteiger partial charge in [0.05, 0.1) is 13.2 Å². The van der Waals surface area contributed by atoms with Gasteiger partial charge in [-0.25, -0.2) is 0 Å². The highest BCUT2D eigenvalue weighted by Crippen LogP contribution is 2.27. The Kier molecular flexibility index (Phi) is 6.69. The molecule has 27 heavy (non-hydrogen) atoms. The molecule has 0 radical (unpaired) electrons. The zero-order chi connectivity index (χ0) is 19.2. The first-order valence-corrected chi connectivity index (χ1v) is 10.1. The van der Waals surface area contributed by atoms with Crippen LogP contribution in [0, 0.1) is 0 Å². The highest BCUT2D eigenvalue weighted by atomic mass is 79.9. The summed E-state index contributed by atoms with van der Waals surface area (Å²) >= 11 is 6.86. The second kappa shape index (κ2) is 9.20. The van der Waals surface area contributed by atoms with Crippen LogP contribution >= 0.6 is 31.9 Å². The number of ether oxygens (including phenoxy) is 1. The molecule has 0 aliphatic rings. The molecule has 3 aromatic carbocycles. The van der Waals surface area contributed by atoms with Crippen molar-refractivity contribution < 1.29 is 9.53 Å². The number of Topliss-reactive ketones (excluding diaryl/α,β-unsaturated/α-hetero) is 1. The fraction of sp³-hybridized carbons (Fsp3) is 0.136. The highest BCUT2D eigenvalue weighted by molar-refractivity contribution is 9.10. The summed E-state index contributed by atoms with van der Waals surface area (Å²) in [5.74, 6) is 0.883. The lowest BCUT2D eigenvalue weighted by Gasteiger charge is -2.20. The van der Waals surface area contributed by atoms with E-state index in [9.17, 15) is 4.79 Å². The number of benzene rings is 3. The van der Waals surface area contributed by atoms with Crippen LogP contribution in [0.1, 0.15) is 28.4 Å². The Hall–Kier alpha value is -2.11. The fourth-order valence-corrected chi connectivity index (χ4v) is 3.30. The van der Waals surface area contributed by atoms with Crippen LogP contribution in [0.5, 0.6) is 5.75 Å². The third-order valence-electron chi connectivity index (χ3n) is 4.26. The monoisotopic (exact) mass is 487 g/mol. The summed E-state index contributed by atoms with van der Waals surface area (Å²) in [6.07, 6.45) is 0.351. The quantitative estimate of drug-likeness (QED) is 0.378. The lowest BCUT2D eigenvalue weighted by atomic mass is 9.97. The zero-order valence-electron chi connectivity index (χ0n) is 14.8. The van der Waals surface area contributed by atoms with E-state index >= 15 is 0 Å². The Morgan fingerprint density at radius 1 is 0.889 bits per heavy atom. The molecule has 5 heteroatoms. The Morgan fingerprint density at radius 2 is 1.44 bits per heavy atom. The fourth-order valence-electron chi connectivity index (χ4n) is 2.77. The first-order valence-electron chi connectivity index (χ1n) is 8.50. The topological polar surface area (TPSA) is 38.3 Å². The average Bonchev–Trinajstić information content (AvgIpc) is 2.69. The van der Waals surface area contributed by atoms with Crippen LogP contribution in [0.2, 0.25) is 0 Å². The molecule has 0 bridgehead atoms. The van der Waals surface area contributed by atoms with Crippen molar-refractivity contribution in [2.75, 3.05) is 12.4 Å². The third-order valence-corrected chi connectivity index (χ3v) is 5.32. The molecule has 1 N–H and O–H groups in total. The average molecular weight is 489 g/mol. The number of nitrogens with one attached hydrogen (secondary N) is 1. The summed E-state index contributed by atoms with van der Waals surface area (Å²) in [4.78, 5) is 12.8. The van der Waals surface area contributed by atoms with Gasteiger partial charge in [-0.3, -0.25) is 4.79 Å². The van der Waals surface area contributed by atoms with Gasteiger partial charge in [-0.2, -0.15) is 0 Å². The van der Waals surface area contributed by atoms with Crippen molar-refractivity contribution in [2.24, 2.45) is 0 Å². The number of anilines is 1. The van der Waals surface area contributed by atoms with Gasteiger partial charge in [-0.1, -0.05) is 56.1 Å². The molecular formula is C22H19Br2NO2. The van der Waals surface area contributed by atoms with E-state index < -0.39 is 0 Å². The summed E-state index contributed by atoms with van der Waals surface area (Å²) in [6.45, 7) is 0. The number of methoxy groups -OCH3 is 1. The molecule has 0 saturated heterocycles. The van der Waals surface area contributed by atoms with Gasteiger partial charge in [0.25, 0.3) is 0 Å². The number of carbonyl (C=O) groups is 1. The van der Waals surface area contributed by atoms with Gasteiger partial charge in [0.15, 0.2) is 5.78 Å². The normalized spacial score (nSPS) is 11.7. The third kappa shape index (κ3) is 5.44. The molecule has 0 saturated carbocycles. The van der Waals surface area contributed by atoms with Crippen LogP contribution in [0.25, 0.3) is 0 Å². The van der Waals surface area contributed by atoms with Crippen LogP contribution in [-0.4, -0.2) is 12.9 Å². The molecule has 138 valence electrons. The number of carbonyl (C=O) groups excluding carboxylic acids is 1. The molecule has 0 aliphatic heterocycles. The minimum absolute atomic E-state index is 0.0907. The molecule has 0 heterocycles. The van der Waals surface area contributed by atoms with E-state index in [1.54, 1.807) is 7.11 Å². The van der Waals surface area contributed by atoms with E-state index in [1.165, 1.54) is 0 Å². The molecular weight excluding hydrogens is 470 g/mol. The Bertz CT molecular complexity index is 891. The molecule has 0 spiro atoms. The van der Waals surface area contributed by atoms with Gasteiger partial charge in [-0.05, 0) is 54.1 Å². The maximum absolute atomic E-state index is 12.8. The second-order valence-corrected chi connectivity index (χ2v) is 7.94. The largest absolute Gasteiger partial charge is 0.497 e. The van der Waals surface area contributed by atoms with E-state index in [1.807, 2.05) is 72.8 Å². The van der Waals surface area contributed by atoms with Gasteiger partial charge < -0.3 is 10.1 Å². The Balaban J connectivity index is 1.84. The minimum atomic E-state index is -0.145. The van der Waals surface area contributed by atoms with Gasteiger partial charge >= 0.3 is 0 Å². The van der Waals surface area contributed by atoms with Crippen molar-refractivity contribution in [1.82, 2.24) is 0 Å². The summed E-state index contributed by atoms with van der Waals surface area (Å²) in [7, 11) is 1.64. The van der Waals surface area contributed by atoms with E-state index in [0.29, 0.717) is 12.0 Å². The Morgan fingerprint density at radius 3 is 2.00 bits per heavy atom. The smallest absolute Gasteiger partial charge is 0.165 e. The Labute approximate surface area is 176 Å². The lowest BCUT2D eigenvalue weighted by molar-refractivity contribution is 0.0976. The molecule has 3 rings (SSSR count). The highest BCUT2D eigenvalue weighted by Gasteiger charge is 2.17. The first kappa shape index (κ1) is 19.6. The lowest BCUT2D eigenvalue weighted by Crippen LogP contribution is -2.16. The first-order chi connectivity index (χ1) is 13.0. The van der Waals surface area contributed by atoms with Crippen molar-refractivity contribution >= 4 is 43.3 Å². The van der Waals surface area contributed by atoms with Crippen molar-refractivity contribution in [3.8, 4) is 5.75 Å². The number of halogens is 2. The standard InChI is InChI=1S/C22H19Br2NO2/c1-27-20-12-4-15(5-13-20)21(25-19-10-8-18(24)9-11-19)14-22(26)16-2-6-17(23)7-3-16/h2-13,21,25H,14H2,1H3. The van der Waals surface area contributed by atoms with Crippen LogP contribution in [0.4, 0.5) is 5.69 Å². The van der Waals surface area contributed by atoms with Crippen molar-refractivity contribution in [2.45, 2.75) is 12.5 Å². The minimum Gasteiger partial charge on any atom is -0.497 e. The molecule has 1 unspecified atom stereocenters. The SMILES string of the molecule is COc1ccc(C(CC(=O)c2ccc(Br)cc2)Nc2ccc(Br)cc2)cc1. The van der Waals surface area contributed by atoms with E-state index in [0.717, 1.165) is 25.9 Å². The summed E-state index contributed by atoms with van der Waals surface area (Å²) in [6, 6.07) is 23.1. The number of rotatable bonds is 7. The van der Waals surface area contributed by atoms with Crippen LogP contribution in [-0.2, 0) is 0 Å². The van der Waals surface area contributed by atoms with E-state index in [-0.39, 0.29) is 11.8 Å². The molecule has 3 nitrogen and oxygen atoms in total. The van der Waals surface area contributed by atoms with Crippen LogP contribution < -0.4 is 10.1 Å². The van der Waals surface area contributed by atoms with Gasteiger partial charge in [0.2, 0.25) is 0 Å². The van der Waals surface area contributed by atoms with Crippen LogP contribution in [0.3, 0.4) is 0 Å². The van der Waals surface area contributed by atoms with Gasteiger partial charge in [0, 0.05) is 26.6 Å². The second-order valence-electron chi connectivity index (χ2n) is 6.11.